The lowest BCUT2D eigenvalue weighted by atomic mass is 10.0. The maximum Gasteiger partial charge on any atom is 0.318 e. The number of phenolic OH excluding ortho intramolecular Hbond substituents is 1. The van der Waals surface area contributed by atoms with Crippen molar-refractivity contribution in [2.75, 3.05) is 69.8 Å². The summed E-state index contributed by atoms with van der Waals surface area (Å²) in [7, 11) is 3.93. The normalized spacial score (nSPS) is 15.9. The monoisotopic (exact) mass is 484 g/mol. The summed E-state index contributed by atoms with van der Waals surface area (Å²) in [6.45, 7) is 9.69. The van der Waals surface area contributed by atoms with Crippen LogP contribution in [0.25, 0.3) is 0 Å². The Morgan fingerprint density at radius 2 is 1.94 bits per heavy atom. The van der Waals surface area contributed by atoms with Crippen LogP contribution in [-0.4, -0.2) is 90.8 Å². The molecule has 2 aliphatic heterocycles. The quantitative estimate of drug-likeness (QED) is 0.597. The maximum atomic E-state index is 14.9. The van der Waals surface area contributed by atoms with E-state index in [1.54, 1.807) is 17.9 Å². The zero-order valence-corrected chi connectivity index (χ0v) is 20.6. The topological polar surface area (TPSA) is 85.3 Å². The van der Waals surface area contributed by atoms with Crippen LogP contribution in [0.5, 0.6) is 11.8 Å². The highest BCUT2D eigenvalue weighted by atomic mass is 19.1. The van der Waals surface area contributed by atoms with Crippen molar-refractivity contribution >= 4 is 17.4 Å². The number of aryl methyl sites for hydroxylation is 1. The summed E-state index contributed by atoms with van der Waals surface area (Å²) in [6.07, 6.45) is 1.94. The lowest BCUT2D eigenvalue weighted by Crippen LogP contribution is -2.49. The number of phenols is 1. The Bertz CT molecular complexity index is 1100. The van der Waals surface area contributed by atoms with Gasteiger partial charge in [0.1, 0.15) is 23.9 Å². The molecule has 2 aliphatic rings. The van der Waals surface area contributed by atoms with Crippen LogP contribution >= 0.6 is 0 Å². The molecule has 1 fully saturated rings. The van der Waals surface area contributed by atoms with E-state index in [-0.39, 0.29) is 23.4 Å². The molecule has 3 heterocycles. The summed E-state index contributed by atoms with van der Waals surface area (Å²) >= 11 is 0. The van der Waals surface area contributed by atoms with E-state index in [4.69, 9.17) is 9.72 Å². The van der Waals surface area contributed by atoms with Gasteiger partial charge in [0.2, 0.25) is 5.91 Å². The smallest absolute Gasteiger partial charge is 0.318 e. The van der Waals surface area contributed by atoms with Crippen molar-refractivity contribution in [2.45, 2.75) is 19.9 Å². The number of piperazine rings is 1. The van der Waals surface area contributed by atoms with Gasteiger partial charge < -0.3 is 29.4 Å². The number of hydrogen-bond donors (Lipinski definition) is 1. The third kappa shape index (κ3) is 5.32. The zero-order valence-electron chi connectivity index (χ0n) is 20.6. The highest BCUT2D eigenvalue weighted by molar-refractivity contribution is 5.87. The van der Waals surface area contributed by atoms with Gasteiger partial charge in [-0.2, -0.15) is 9.97 Å². The van der Waals surface area contributed by atoms with E-state index in [1.807, 2.05) is 23.9 Å². The van der Waals surface area contributed by atoms with Crippen LogP contribution < -0.4 is 14.5 Å². The zero-order chi connectivity index (χ0) is 25.1. The summed E-state index contributed by atoms with van der Waals surface area (Å²) in [5, 5.41) is 10.4. The molecule has 10 heteroatoms. The molecule has 188 valence electrons. The van der Waals surface area contributed by atoms with E-state index < -0.39 is 5.82 Å². The van der Waals surface area contributed by atoms with E-state index in [2.05, 4.69) is 16.5 Å². The average Bonchev–Trinajstić information content (AvgIpc) is 2.85. The predicted octanol–water partition coefficient (Wildman–Crippen LogP) is 1.97. The van der Waals surface area contributed by atoms with Crippen molar-refractivity contribution in [3.8, 4) is 11.8 Å². The minimum atomic E-state index is -0.423. The first kappa shape index (κ1) is 24.7. The number of aromatic hydroxyl groups is 1. The Hall–Kier alpha value is -3.40. The number of hydrogen-bond acceptors (Lipinski definition) is 8. The second-order valence-corrected chi connectivity index (χ2v) is 9.16. The molecule has 0 atom stereocenters. The van der Waals surface area contributed by atoms with Gasteiger partial charge in [0, 0.05) is 44.8 Å². The third-order valence-electron chi connectivity index (χ3n) is 6.46. The molecule has 9 nitrogen and oxygen atoms in total. The number of fused-ring (bicyclic) bond motifs is 1. The molecule has 0 aliphatic carbocycles. The number of carbonyl (C=O) groups is 1. The summed E-state index contributed by atoms with van der Waals surface area (Å²) in [5.74, 6) is 0.219. The Kier molecular flexibility index (Phi) is 7.39. The molecule has 0 bridgehead atoms. The van der Waals surface area contributed by atoms with E-state index in [1.165, 1.54) is 12.1 Å². The molecule has 0 saturated carbocycles. The number of halogens is 1. The highest BCUT2D eigenvalue weighted by Gasteiger charge is 2.30. The SMILES string of the molecule is C=CC(=O)N1CCN(c2nc(OCCN(C)C)nc3c2CCN(c2c(O)ccc(C)c2F)C3)CC1. The van der Waals surface area contributed by atoms with Gasteiger partial charge in [0.25, 0.3) is 0 Å². The molecular weight excluding hydrogens is 451 g/mol. The molecule has 35 heavy (non-hydrogen) atoms. The van der Waals surface area contributed by atoms with Crippen molar-refractivity contribution in [3.63, 3.8) is 0 Å². The second kappa shape index (κ2) is 10.5. The van der Waals surface area contributed by atoms with E-state index in [0.717, 1.165) is 17.1 Å². The minimum absolute atomic E-state index is 0.0716. The van der Waals surface area contributed by atoms with Crippen LogP contribution in [0.15, 0.2) is 24.8 Å². The van der Waals surface area contributed by atoms with Gasteiger partial charge >= 0.3 is 6.01 Å². The molecule has 1 saturated heterocycles. The number of likely N-dealkylation sites (N-methyl/N-ethyl adjacent to an activating group) is 1. The van der Waals surface area contributed by atoms with Gasteiger partial charge in [0.05, 0.1) is 12.2 Å². The van der Waals surface area contributed by atoms with Crippen molar-refractivity contribution in [1.82, 2.24) is 19.8 Å². The Morgan fingerprint density at radius 1 is 1.20 bits per heavy atom. The fourth-order valence-electron chi connectivity index (χ4n) is 4.45. The van der Waals surface area contributed by atoms with Crippen molar-refractivity contribution in [1.29, 1.82) is 0 Å². The second-order valence-electron chi connectivity index (χ2n) is 9.16. The highest BCUT2D eigenvalue weighted by Crippen LogP contribution is 2.37. The van der Waals surface area contributed by atoms with E-state index >= 15 is 0 Å². The van der Waals surface area contributed by atoms with Gasteiger partial charge in [-0.15, -0.1) is 0 Å². The first-order valence-electron chi connectivity index (χ1n) is 11.8. The van der Waals surface area contributed by atoms with E-state index in [9.17, 15) is 14.3 Å². The van der Waals surface area contributed by atoms with Crippen LogP contribution in [-0.2, 0) is 17.8 Å². The summed E-state index contributed by atoms with van der Waals surface area (Å²) in [6, 6.07) is 3.37. The van der Waals surface area contributed by atoms with Crippen molar-refractivity contribution in [2.24, 2.45) is 0 Å². The molecular formula is C25H33FN6O3. The molecule has 0 radical (unpaired) electrons. The summed E-state index contributed by atoms with van der Waals surface area (Å²) < 4.78 is 20.8. The Balaban J connectivity index is 1.63. The Morgan fingerprint density at radius 3 is 2.63 bits per heavy atom. The maximum absolute atomic E-state index is 14.9. The molecule has 1 aromatic heterocycles. The minimum Gasteiger partial charge on any atom is -0.506 e. The average molecular weight is 485 g/mol. The number of nitrogens with zero attached hydrogens (tertiary/aromatic N) is 6. The number of benzene rings is 1. The van der Waals surface area contributed by atoms with Crippen molar-refractivity contribution in [3.05, 3.63) is 47.4 Å². The molecule has 1 N–H and O–H groups in total. The standard InChI is InChI=1S/C25H33FN6O3/c1-5-21(34)30-10-12-31(13-11-30)24-18-8-9-32(23-20(33)7-6-17(2)22(23)26)16-19(18)27-25(28-24)35-15-14-29(3)4/h5-7,33H,1,8-16H2,2-4H3. The molecule has 4 rings (SSSR count). The van der Waals surface area contributed by atoms with Gasteiger partial charge in [-0.25, -0.2) is 4.39 Å². The third-order valence-corrected chi connectivity index (χ3v) is 6.46. The van der Waals surface area contributed by atoms with Crippen molar-refractivity contribution < 1.29 is 19.0 Å². The van der Waals surface area contributed by atoms with Crippen LogP contribution in [0.2, 0.25) is 0 Å². The number of carbonyl (C=O) groups excluding carboxylic acids is 1. The first-order valence-corrected chi connectivity index (χ1v) is 11.8. The van der Waals surface area contributed by atoms with Crippen LogP contribution in [0.4, 0.5) is 15.9 Å². The number of rotatable bonds is 7. The largest absolute Gasteiger partial charge is 0.506 e. The van der Waals surface area contributed by atoms with Gasteiger partial charge in [-0.1, -0.05) is 12.6 Å². The lowest BCUT2D eigenvalue weighted by Gasteiger charge is -2.38. The predicted molar refractivity (Wildman–Crippen MR) is 133 cm³/mol. The lowest BCUT2D eigenvalue weighted by molar-refractivity contribution is -0.126. The molecule has 0 unspecified atom stereocenters. The van der Waals surface area contributed by atoms with Crippen LogP contribution in [0.1, 0.15) is 16.8 Å². The molecule has 2 aromatic rings. The van der Waals surface area contributed by atoms with Gasteiger partial charge in [0.15, 0.2) is 5.82 Å². The van der Waals surface area contributed by atoms with Gasteiger partial charge in [-0.05, 0) is 45.1 Å². The van der Waals surface area contributed by atoms with Crippen LogP contribution in [0, 0.1) is 12.7 Å². The van der Waals surface area contributed by atoms with Gasteiger partial charge in [-0.3, -0.25) is 4.79 Å². The molecule has 1 amide bonds. The fraction of sp³-hybridized carbons (Fsp3) is 0.480. The summed E-state index contributed by atoms with van der Waals surface area (Å²) in [4.78, 5) is 29.2. The number of amides is 1. The first-order chi connectivity index (χ1) is 16.8. The number of aromatic nitrogens is 2. The number of anilines is 2. The summed E-state index contributed by atoms with van der Waals surface area (Å²) in [5.41, 5.74) is 2.43. The van der Waals surface area contributed by atoms with Crippen LogP contribution in [0.3, 0.4) is 0 Å². The van der Waals surface area contributed by atoms with E-state index in [0.29, 0.717) is 64.4 Å². The fourth-order valence-corrected chi connectivity index (χ4v) is 4.45. The number of ether oxygens (including phenoxy) is 1. The molecule has 1 aromatic carbocycles. The molecule has 0 spiro atoms. The Labute approximate surface area is 205 Å².